The molecule has 1 heterocycles. The fraction of sp³-hybridized carbons (Fsp3) is 0.500. The van der Waals surface area contributed by atoms with Crippen LogP contribution in [0.3, 0.4) is 0 Å². The van der Waals surface area contributed by atoms with Crippen molar-refractivity contribution in [3.8, 4) is 0 Å². The quantitative estimate of drug-likeness (QED) is 0.847. The number of carboxylic acid groups (broad SMARTS) is 1. The van der Waals surface area contributed by atoms with Gasteiger partial charge in [-0.3, -0.25) is 4.79 Å². The van der Waals surface area contributed by atoms with Gasteiger partial charge in [0.1, 0.15) is 0 Å². The van der Waals surface area contributed by atoms with Crippen LogP contribution in [-0.2, 0) is 4.79 Å². The van der Waals surface area contributed by atoms with Crippen LogP contribution in [0.5, 0.6) is 0 Å². The van der Waals surface area contributed by atoms with Gasteiger partial charge in [0, 0.05) is 6.04 Å². The molecule has 1 aromatic rings. The van der Waals surface area contributed by atoms with Crippen LogP contribution in [0.2, 0.25) is 0 Å². The molecule has 0 saturated heterocycles. The molecule has 0 amide bonds. The SMILES string of the molecule is CC(C)(CC(N)c1cc(Br)sc1Br)C(=O)O. The van der Waals surface area contributed by atoms with Gasteiger partial charge in [0.25, 0.3) is 0 Å². The first-order valence-electron chi connectivity index (χ1n) is 4.68. The smallest absolute Gasteiger partial charge is 0.309 e. The summed E-state index contributed by atoms with van der Waals surface area (Å²) in [4.78, 5) is 11.0. The summed E-state index contributed by atoms with van der Waals surface area (Å²) < 4.78 is 1.94. The van der Waals surface area contributed by atoms with Crippen molar-refractivity contribution < 1.29 is 9.90 Å². The lowest BCUT2D eigenvalue weighted by Crippen LogP contribution is -2.28. The Morgan fingerprint density at radius 1 is 1.62 bits per heavy atom. The fourth-order valence-corrected chi connectivity index (χ4v) is 4.35. The zero-order valence-corrected chi connectivity index (χ0v) is 12.9. The molecule has 0 aromatic carbocycles. The second-order valence-electron chi connectivity index (χ2n) is 4.28. The summed E-state index contributed by atoms with van der Waals surface area (Å²) in [6, 6.07) is 1.65. The van der Waals surface area contributed by atoms with E-state index in [-0.39, 0.29) is 6.04 Å². The Bertz CT molecular complexity index is 404. The minimum absolute atomic E-state index is 0.275. The molecular formula is C10H13Br2NO2S. The minimum atomic E-state index is -0.826. The number of hydrogen-bond acceptors (Lipinski definition) is 3. The van der Waals surface area contributed by atoms with Gasteiger partial charge in [-0.2, -0.15) is 0 Å². The third kappa shape index (κ3) is 3.29. The highest BCUT2D eigenvalue weighted by Crippen LogP contribution is 2.38. The molecule has 1 unspecified atom stereocenters. The van der Waals surface area contributed by atoms with E-state index < -0.39 is 11.4 Å². The van der Waals surface area contributed by atoms with Crippen LogP contribution >= 0.6 is 43.2 Å². The first kappa shape index (κ1) is 14.2. The second-order valence-corrected chi connectivity index (χ2v) is 8.03. The highest BCUT2D eigenvalue weighted by molar-refractivity contribution is 9.12. The van der Waals surface area contributed by atoms with E-state index in [9.17, 15) is 4.79 Å². The van der Waals surface area contributed by atoms with E-state index in [2.05, 4.69) is 31.9 Å². The maximum absolute atomic E-state index is 11.0. The van der Waals surface area contributed by atoms with E-state index in [1.54, 1.807) is 13.8 Å². The van der Waals surface area contributed by atoms with Gasteiger partial charge in [-0.25, -0.2) is 0 Å². The van der Waals surface area contributed by atoms with Crippen LogP contribution in [0.15, 0.2) is 13.6 Å². The van der Waals surface area contributed by atoms with Gasteiger partial charge in [0.15, 0.2) is 0 Å². The van der Waals surface area contributed by atoms with Gasteiger partial charge >= 0.3 is 5.97 Å². The summed E-state index contributed by atoms with van der Waals surface area (Å²) in [5, 5.41) is 9.04. The van der Waals surface area contributed by atoms with Crippen LogP contribution in [0, 0.1) is 5.41 Å². The second kappa shape index (κ2) is 5.16. The molecule has 1 rings (SSSR count). The average molecular weight is 371 g/mol. The number of carboxylic acids is 1. The van der Waals surface area contributed by atoms with Gasteiger partial charge in [0.05, 0.1) is 13.0 Å². The van der Waals surface area contributed by atoms with Crippen LogP contribution < -0.4 is 5.73 Å². The van der Waals surface area contributed by atoms with Crippen molar-refractivity contribution in [1.82, 2.24) is 0 Å². The molecule has 0 saturated carbocycles. The molecule has 0 fully saturated rings. The molecule has 0 aliphatic carbocycles. The van der Waals surface area contributed by atoms with E-state index in [4.69, 9.17) is 10.8 Å². The number of nitrogens with two attached hydrogens (primary N) is 1. The Kier molecular flexibility index (Phi) is 4.57. The first-order valence-corrected chi connectivity index (χ1v) is 7.08. The maximum Gasteiger partial charge on any atom is 0.309 e. The van der Waals surface area contributed by atoms with Crippen molar-refractivity contribution in [2.75, 3.05) is 0 Å². The molecule has 3 N–H and O–H groups in total. The Morgan fingerprint density at radius 3 is 2.56 bits per heavy atom. The average Bonchev–Trinajstić information content (AvgIpc) is 2.44. The van der Waals surface area contributed by atoms with Crippen molar-refractivity contribution in [2.45, 2.75) is 26.3 Å². The summed E-state index contributed by atoms with van der Waals surface area (Å²) in [6.45, 7) is 3.37. The Labute approximate surface area is 115 Å². The molecular weight excluding hydrogens is 358 g/mol. The van der Waals surface area contributed by atoms with E-state index in [1.807, 2.05) is 6.07 Å². The predicted molar refractivity (Wildman–Crippen MR) is 72.7 cm³/mol. The summed E-state index contributed by atoms with van der Waals surface area (Å²) in [7, 11) is 0. The number of halogens is 2. The van der Waals surface area contributed by atoms with Crippen molar-refractivity contribution in [3.63, 3.8) is 0 Å². The van der Waals surface area contributed by atoms with Crippen molar-refractivity contribution in [1.29, 1.82) is 0 Å². The van der Waals surface area contributed by atoms with Gasteiger partial charge in [-0.1, -0.05) is 0 Å². The minimum Gasteiger partial charge on any atom is -0.481 e. The Hall–Kier alpha value is 0.0900. The number of aliphatic carboxylic acids is 1. The molecule has 0 aliphatic heterocycles. The molecule has 0 bridgehead atoms. The van der Waals surface area contributed by atoms with Crippen LogP contribution in [-0.4, -0.2) is 11.1 Å². The summed E-state index contributed by atoms with van der Waals surface area (Å²) in [6.07, 6.45) is 0.407. The summed E-state index contributed by atoms with van der Waals surface area (Å²) in [5.41, 5.74) is 6.16. The van der Waals surface area contributed by atoms with E-state index in [0.29, 0.717) is 6.42 Å². The van der Waals surface area contributed by atoms with Crippen LogP contribution in [0.4, 0.5) is 0 Å². The van der Waals surface area contributed by atoms with Crippen molar-refractivity contribution >= 4 is 49.2 Å². The summed E-state index contributed by atoms with van der Waals surface area (Å²) >= 11 is 8.34. The van der Waals surface area contributed by atoms with E-state index >= 15 is 0 Å². The topological polar surface area (TPSA) is 63.3 Å². The highest BCUT2D eigenvalue weighted by Gasteiger charge is 2.30. The summed E-state index contributed by atoms with van der Waals surface area (Å²) in [5.74, 6) is -0.826. The van der Waals surface area contributed by atoms with E-state index in [1.165, 1.54) is 11.3 Å². The third-order valence-corrected chi connectivity index (χ3v) is 4.78. The Morgan fingerprint density at radius 2 is 2.19 bits per heavy atom. The molecule has 16 heavy (non-hydrogen) atoms. The number of hydrogen-bond donors (Lipinski definition) is 2. The molecule has 3 nitrogen and oxygen atoms in total. The van der Waals surface area contributed by atoms with Crippen LogP contribution in [0.25, 0.3) is 0 Å². The van der Waals surface area contributed by atoms with Gasteiger partial charge in [0.2, 0.25) is 0 Å². The van der Waals surface area contributed by atoms with Crippen molar-refractivity contribution in [3.05, 3.63) is 19.2 Å². The molecule has 1 aromatic heterocycles. The lowest BCUT2D eigenvalue weighted by Gasteiger charge is -2.23. The molecule has 0 aliphatic rings. The Balaban J connectivity index is 2.84. The molecule has 1 atom stereocenters. The van der Waals surface area contributed by atoms with Crippen LogP contribution in [0.1, 0.15) is 31.9 Å². The van der Waals surface area contributed by atoms with Gasteiger partial charge in [-0.15, -0.1) is 11.3 Å². The first-order chi connectivity index (χ1) is 7.24. The maximum atomic E-state index is 11.0. The number of thiophene rings is 1. The molecule has 0 radical (unpaired) electrons. The third-order valence-electron chi connectivity index (χ3n) is 2.39. The lowest BCUT2D eigenvalue weighted by molar-refractivity contribution is -0.147. The van der Waals surface area contributed by atoms with E-state index in [0.717, 1.165) is 13.1 Å². The normalized spacial score (nSPS) is 13.8. The molecule has 6 heteroatoms. The monoisotopic (exact) mass is 369 g/mol. The van der Waals surface area contributed by atoms with Crippen molar-refractivity contribution in [2.24, 2.45) is 11.1 Å². The molecule has 0 spiro atoms. The highest BCUT2D eigenvalue weighted by atomic mass is 79.9. The zero-order valence-electron chi connectivity index (χ0n) is 8.96. The number of rotatable bonds is 4. The fourth-order valence-electron chi connectivity index (χ4n) is 1.35. The number of carbonyl (C=O) groups is 1. The predicted octanol–water partition coefficient (Wildman–Crippen LogP) is 3.77. The zero-order chi connectivity index (χ0) is 12.5. The standard InChI is InChI=1S/C10H13Br2NO2S/c1-10(2,9(14)15)4-6(13)5-3-7(11)16-8(5)12/h3,6H,4,13H2,1-2H3,(H,14,15). The largest absolute Gasteiger partial charge is 0.481 e. The molecule has 90 valence electrons. The van der Waals surface area contributed by atoms with Gasteiger partial charge < -0.3 is 10.8 Å². The van der Waals surface area contributed by atoms with Gasteiger partial charge in [-0.05, 0) is 63.8 Å². The lowest BCUT2D eigenvalue weighted by atomic mass is 9.84.